The van der Waals surface area contributed by atoms with E-state index in [0.717, 1.165) is 38.8 Å². The molecule has 0 N–H and O–H groups in total. The van der Waals surface area contributed by atoms with Crippen LogP contribution in [0.2, 0.25) is 0 Å². The van der Waals surface area contributed by atoms with E-state index >= 15 is 0 Å². The minimum absolute atomic E-state index is 0.0145. The van der Waals surface area contributed by atoms with Gasteiger partial charge in [0.15, 0.2) is 11.9 Å². The van der Waals surface area contributed by atoms with Crippen molar-refractivity contribution in [2.24, 2.45) is 23.7 Å². The van der Waals surface area contributed by atoms with E-state index in [1.165, 1.54) is 11.1 Å². The molecule has 8 rings (SSSR count). The molecule has 5 saturated heterocycles. The van der Waals surface area contributed by atoms with Crippen molar-refractivity contribution in [3.63, 3.8) is 0 Å². The monoisotopic (exact) mass is 618 g/mol. The number of amides is 1. The van der Waals surface area contributed by atoms with Gasteiger partial charge < -0.3 is 19.1 Å². The third-order valence-electron chi connectivity index (χ3n) is 11.2. The zero-order chi connectivity index (χ0) is 31.2. The lowest BCUT2D eigenvalue weighted by atomic mass is 9.58. The summed E-state index contributed by atoms with van der Waals surface area (Å²) in [4.78, 5) is 42.7. The van der Waals surface area contributed by atoms with Gasteiger partial charge >= 0.3 is 5.97 Å². The molecule has 6 aliphatic rings. The van der Waals surface area contributed by atoms with Gasteiger partial charge in [-0.25, -0.2) is 9.78 Å². The molecule has 2 bridgehead atoms. The number of carbonyl (C=O) groups is 2. The van der Waals surface area contributed by atoms with Gasteiger partial charge in [-0.15, -0.1) is 0 Å². The van der Waals surface area contributed by atoms with Crippen molar-refractivity contribution >= 4 is 11.9 Å². The SMILES string of the molecule is C[C@H]1[C@@H](OC(=O)CCC(=O)N2CCN(C(c3ccccc3)c3ccccc3)CC2)O[C@@H]2O[C@@]3(C)CC[C@@H]4[C@H](C)CC[C@H]1[C@@]24OO3. The van der Waals surface area contributed by atoms with E-state index in [4.69, 9.17) is 24.0 Å². The van der Waals surface area contributed by atoms with Crippen LogP contribution in [-0.4, -0.2) is 71.8 Å². The summed E-state index contributed by atoms with van der Waals surface area (Å²) in [7, 11) is 0. The van der Waals surface area contributed by atoms with Gasteiger partial charge in [0.2, 0.25) is 18.0 Å². The largest absolute Gasteiger partial charge is 0.435 e. The second kappa shape index (κ2) is 12.4. The molecule has 1 spiro atoms. The first-order valence-corrected chi connectivity index (χ1v) is 16.8. The minimum atomic E-state index is -0.884. The van der Waals surface area contributed by atoms with Crippen LogP contribution in [0.3, 0.4) is 0 Å². The predicted octanol–water partition coefficient (Wildman–Crippen LogP) is 5.45. The van der Waals surface area contributed by atoms with Gasteiger partial charge in [0.25, 0.3) is 0 Å². The molecule has 1 saturated carbocycles. The number of ether oxygens (including phenoxy) is 3. The molecule has 45 heavy (non-hydrogen) atoms. The standard InChI is InChI=1S/C36H46N2O7/c1-24-14-15-29-25(2)33(42-34-36(29)28(24)18-19-35(3,43-34)44-45-36)41-31(40)17-16-30(39)37-20-22-38(23-21-37)32(26-10-6-4-7-11-26)27-12-8-5-9-13-27/h4-13,24-25,28-29,32-34H,14-23H2,1-3H3/t24-,25-,28-,29-,33+,34-,35-,36-/m1/s1. The van der Waals surface area contributed by atoms with Gasteiger partial charge in [0.1, 0.15) is 0 Å². The Morgan fingerprint density at radius 3 is 2.20 bits per heavy atom. The number of fused-ring (bicyclic) bond motifs is 2. The van der Waals surface area contributed by atoms with Crippen LogP contribution in [0.25, 0.3) is 0 Å². The first kappa shape index (κ1) is 30.8. The smallest absolute Gasteiger partial charge is 0.308 e. The molecule has 8 atom stereocenters. The Balaban J connectivity index is 0.942. The van der Waals surface area contributed by atoms with Crippen LogP contribution in [0.15, 0.2) is 60.7 Å². The second-order valence-electron chi connectivity index (χ2n) is 13.9. The average Bonchev–Trinajstić information content (AvgIpc) is 3.29. The van der Waals surface area contributed by atoms with Crippen molar-refractivity contribution in [2.75, 3.05) is 26.2 Å². The first-order valence-electron chi connectivity index (χ1n) is 16.8. The summed E-state index contributed by atoms with van der Waals surface area (Å²) in [5, 5.41) is 0. The highest BCUT2D eigenvalue weighted by Gasteiger charge is 2.69. The van der Waals surface area contributed by atoms with Crippen molar-refractivity contribution in [3.8, 4) is 0 Å². The van der Waals surface area contributed by atoms with Crippen LogP contribution in [0.4, 0.5) is 0 Å². The summed E-state index contributed by atoms with van der Waals surface area (Å²) in [6, 6.07) is 21.2. The Morgan fingerprint density at radius 2 is 1.53 bits per heavy atom. The fraction of sp³-hybridized carbons (Fsp3) is 0.611. The van der Waals surface area contributed by atoms with Crippen LogP contribution in [0, 0.1) is 23.7 Å². The van der Waals surface area contributed by atoms with Gasteiger partial charge in [-0.2, -0.15) is 0 Å². The summed E-state index contributed by atoms with van der Waals surface area (Å²) in [6.07, 6.45) is 2.38. The maximum Gasteiger partial charge on any atom is 0.308 e. The lowest BCUT2D eigenvalue weighted by molar-refractivity contribution is -0.576. The van der Waals surface area contributed by atoms with Crippen molar-refractivity contribution in [2.45, 2.75) is 89.3 Å². The maximum atomic E-state index is 13.2. The molecule has 5 heterocycles. The minimum Gasteiger partial charge on any atom is -0.435 e. The highest BCUT2D eigenvalue weighted by molar-refractivity contribution is 5.81. The van der Waals surface area contributed by atoms with Gasteiger partial charge in [0, 0.05) is 50.9 Å². The predicted molar refractivity (Wildman–Crippen MR) is 165 cm³/mol. The number of piperazine rings is 1. The number of benzene rings is 2. The van der Waals surface area contributed by atoms with Gasteiger partial charge in [-0.05, 0) is 49.1 Å². The molecular formula is C36H46N2O7. The molecule has 6 fully saturated rings. The zero-order valence-corrected chi connectivity index (χ0v) is 26.6. The number of hydrogen-bond acceptors (Lipinski definition) is 8. The molecule has 0 unspecified atom stereocenters. The van der Waals surface area contributed by atoms with E-state index in [0.29, 0.717) is 19.0 Å². The molecule has 0 aromatic heterocycles. The fourth-order valence-corrected chi connectivity index (χ4v) is 8.68. The number of rotatable bonds is 7. The van der Waals surface area contributed by atoms with Gasteiger partial charge in [0.05, 0.1) is 12.5 Å². The fourth-order valence-electron chi connectivity index (χ4n) is 8.68. The maximum absolute atomic E-state index is 13.2. The number of esters is 1. The molecule has 242 valence electrons. The molecule has 1 aliphatic carbocycles. The van der Waals surface area contributed by atoms with E-state index < -0.39 is 29.9 Å². The number of carbonyl (C=O) groups excluding carboxylic acids is 2. The molecule has 1 amide bonds. The second-order valence-corrected chi connectivity index (χ2v) is 13.9. The third kappa shape index (κ3) is 5.71. The number of nitrogens with zero attached hydrogens (tertiary/aromatic N) is 2. The summed E-state index contributed by atoms with van der Waals surface area (Å²) in [5.74, 6) is -0.643. The Morgan fingerprint density at radius 1 is 0.867 bits per heavy atom. The van der Waals surface area contributed by atoms with Gasteiger partial charge in [-0.1, -0.05) is 74.5 Å². The summed E-state index contributed by atoms with van der Waals surface area (Å²) >= 11 is 0. The Hall–Kier alpha value is -2.82. The van der Waals surface area contributed by atoms with Crippen molar-refractivity contribution in [3.05, 3.63) is 71.8 Å². The van der Waals surface area contributed by atoms with Crippen molar-refractivity contribution in [1.82, 2.24) is 9.80 Å². The lowest BCUT2D eigenvalue weighted by Gasteiger charge is -2.59. The van der Waals surface area contributed by atoms with Crippen LogP contribution in [-0.2, 0) is 33.6 Å². The highest BCUT2D eigenvalue weighted by Crippen LogP contribution is 2.60. The molecule has 5 aliphatic heterocycles. The molecule has 9 nitrogen and oxygen atoms in total. The van der Waals surface area contributed by atoms with E-state index in [1.807, 2.05) is 24.0 Å². The Bertz CT molecular complexity index is 1310. The normalized spacial score (nSPS) is 36.3. The van der Waals surface area contributed by atoms with E-state index in [1.54, 1.807) is 0 Å². The number of hydrogen-bond donors (Lipinski definition) is 0. The van der Waals surface area contributed by atoms with Crippen LogP contribution >= 0.6 is 0 Å². The van der Waals surface area contributed by atoms with Crippen molar-refractivity contribution < 1.29 is 33.6 Å². The Labute approximate surface area is 266 Å². The van der Waals surface area contributed by atoms with Crippen LogP contribution in [0.5, 0.6) is 0 Å². The molecular weight excluding hydrogens is 572 g/mol. The van der Waals surface area contributed by atoms with Crippen LogP contribution < -0.4 is 0 Å². The van der Waals surface area contributed by atoms with Gasteiger partial charge in [-0.3, -0.25) is 14.5 Å². The topological polar surface area (TPSA) is 86.8 Å². The van der Waals surface area contributed by atoms with E-state index in [9.17, 15) is 9.59 Å². The van der Waals surface area contributed by atoms with Crippen molar-refractivity contribution in [1.29, 1.82) is 0 Å². The summed E-state index contributed by atoms with van der Waals surface area (Å²) in [5.41, 5.74) is 1.78. The molecule has 2 aromatic rings. The summed E-state index contributed by atoms with van der Waals surface area (Å²) in [6.45, 7) is 8.97. The third-order valence-corrected chi connectivity index (χ3v) is 11.2. The van der Waals surface area contributed by atoms with E-state index in [-0.39, 0.29) is 42.5 Å². The average molecular weight is 619 g/mol. The van der Waals surface area contributed by atoms with Crippen LogP contribution in [0.1, 0.15) is 76.5 Å². The highest BCUT2D eigenvalue weighted by atomic mass is 17.3. The molecule has 2 aromatic carbocycles. The van der Waals surface area contributed by atoms with E-state index in [2.05, 4.69) is 67.3 Å². The zero-order valence-electron chi connectivity index (χ0n) is 26.6. The summed E-state index contributed by atoms with van der Waals surface area (Å²) < 4.78 is 18.7. The Kier molecular flexibility index (Phi) is 8.50. The molecule has 0 radical (unpaired) electrons. The molecule has 9 heteroatoms. The quantitative estimate of drug-likeness (QED) is 0.299. The lowest BCUT2D eigenvalue weighted by Crippen LogP contribution is -2.70. The first-order chi connectivity index (χ1) is 21.8.